The Balaban J connectivity index is 1.60. The molecule has 7 heteroatoms. The highest BCUT2D eigenvalue weighted by Gasteiger charge is 2.15. The van der Waals surface area contributed by atoms with Gasteiger partial charge in [0.1, 0.15) is 11.5 Å². The topological polar surface area (TPSA) is 86.5 Å². The van der Waals surface area contributed by atoms with Crippen molar-refractivity contribution in [1.29, 1.82) is 0 Å². The number of methoxy groups -OCH3 is 1. The Bertz CT molecular complexity index is 800. The average molecular weight is 325 g/mol. The van der Waals surface area contributed by atoms with Crippen LogP contribution in [0.15, 0.2) is 59.2 Å². The van der Waals surface area contributed by atoms with Crippen LogP contribution in [0.25, 0.3) is 11.3 Å². The Morgan fingerprint density at radius 1 is 1.04 bits per heavy atom. The molecule has 0 aliphatic carbocycles. The number of aromatic nitrogens is 2. The molecule has 0 unspecified atom stereocenters. The summed E-state index contributed by atoms with van der Waals surface area (Å²) >= 11 is 0. The second-order valence-corrected chi connectivity index (χ2v) is 4.84. The third-order valence-corrected chi connectivity index (χ3v) is 3.22. The van der Waals surface area contributed by atoms with Gasteiger partial charge in [-0.3, -0.25) is 4.79 Å². The lowest BCUT2D eigenvalue weighted by molar-refractivity contribution is -0.118. The summed E-state index contributed by atoms with van der Waals surface area (Å²) in [5.74, 6) is 1.17. The summed E-state index contributed by atoms with van der Waals surface area (Å²) < 4.78 is 15.2. The first-order valence-electron chi connectivity index (χ1n) is 7.21. The van der Waals surface area contributed by atoms with Crippen molar-refractivity contribution in [3.8, 4) is 22.8 Å². The molecule has 0 saturated carbocycles. The van der Waals surface area contributed by atoms with Crippen molar-refractivity contribution >= 4 is 11.7 Å². The van der Waals surface area contributed by atoms with E-state index in [9.17, 15) is 4.79 Å². The lowest BCUT2D eigenvalue weighted by Gasteiger charge is -2.07. The normalized spacial score (nSPS) is 10.2. The van der Waals surface area contributed by atoms with E-state index in [0.29, 0.717) is 17.2 Å². The number of amides is 1. The maximum absolute atomic E-state index is 12.0. The lowest BCUT2D eigenvalue weighted by atomic mass is 10.1. The molecule has 1 heterocycles. The van der Waals surface area contributed by atoms with Crippen LogP contribution >= 0.6 is 0 Å². The van der Waals surface area contributed by atoms with Crippen molar-refractivity contribution in [3.05, 3.63) is 54.6 Å². The number of nitrogens with one attached hydrogen (secondary N) is 1. The molecule has 1 amide bonds. The molecule has 2 aromatic carbocycles. The third kappa shape index (κ3) is 3.70. The van der Waals surface area contributed by atoms with Crippen LogP contribution in [0.4, 0.5) is 5.82 Å². The van der Waals surface area contributed by atoms with Gasteiger partial charge in [-0.1, -0.05) is 30.3 Å². The van der Waals surface area contributed by atoms with E-state index in [1.54, 1.807) is 31.4 Å². The molecule has 3 rings (SSSR count). The molecule has 0 aliphatic heterocycles. The van der Waals surface area contributed by atoms with Gasteiger partial charge >= 0.3 is 0 Å². The molecule has 3 aromatic rings. The zero-order valence-corrected chi connectivity index (χ0v) is 12.9. The summed E-state index contributed by atoms with van der Waals surface area (Å²) in [5, 5.41) is 10.2. The van der Waals surface area contributed by atoms with Crippen molar-refractivity contribution in [2.24, 2.45) is 0 Å². The molecule has 0 spiro atoms. The van der Waals surface area contributed by atoms with E-state index in [1.807, 2.05) is 30.3 Å². The van der Waals surface area contributed by atoms with Gasteiger partial charge in [-0.15, -0.1) is 0 Å². The molecule has 24 heavy (non-hydrogen) atoms. The predicted octanol–water partition coefficient (Wildman–Crippen LogP) is 2.76. The fourth-order valence-corrected chi connectivity index (χ4v) is 2.04. The Labute approximate surface area is 138 Å². The fraction of sp³-hybridized carbons (Fsp3) is 0.118. The number of anilines is 1. The molecule has 0 atom stereocenters. The van der Waals surface area contributed by atoms with E-state index < -0.39 is 0 Å². The van der Waals surface area contributed by atoms with Gasteiger partial charge in [0.15, 0.2) is 12.3 Å². The van der Waals surface area contributed by atoms with Gasteiger partial charge in [0, 0.05) is 5.56 Å². The van der Waals surface area contributed by atoms with Gasteiger partial charge in [-0.05, 0) is 34.6 Å². The van der Waals surface area contributed by atoms with Crippen LogP contribution in [0.3, 0.4) is 0 Å². The quantitative estimate of drug-likeness (QED) is 0.750. The Hall–Kier alpha value is -3.35. The third-order valence-electron chi connectivity index (χ3n) is 3.22. The van der Waals surface area contributed by atoms with Gasteiger partial charge in [-0.2, -0.15) is 0 Å². The number of hydrogen-bond donors (Lipinski definition) is 1. The number of carbonyl (C=O) groups is 1. The van der Waals surface area contributed by atoms with Crippen molar-refractivity contribution in [1.82, 2.24) is 10.3 Å². The molecule has 1 N–H and O–H groups in total. The van der Waals surface area contributed by atoms with E-state index in [1.165, 1.54) is 0 Å². The minimum Gasteiger partial charge on any atom is -0.497 e. The Kier molecular flexibility index (Phi) is 4.71. The van der Waals surface area contributed by atoms with Crippen molar-refractivity contribution < 1.29 is 18.9 Å². The minimum absolute atomic E-state index is 0.159. The van der Waals surface area contributed by atoms with E-state index in [0.717, 1.165) is 5.56 Å². The molecular weight excluding hydrogens is 310 g/mol. The van der Waals surface area contributed by atoms with Gasteiger partial charge in [-0.25, -0.2) is 4.63 Å². The minimum atomic E-state index is -0.362. The van der Waals surface area contributed by atoms with Crippen molar-refractivity contribution in [2.45, 2.75) is 0 Å². The first-order chi connectivity index (χ1) is 11.8. The number of carbonyl (C=O) groups excluding carboxylic acids is 1. The Morgan fingerprint density at radius 2 is 1.75 bits per heavy atom. The molecular formula is C17H15N3O4. The summed E-state index contributed by atoms with van der Waals surface area (Å²) in [6, 6.07) is 16.3. The number of rotatable bonds is 6. The maximum Gasteiger partial charge on any atom is 0.263 e. The molecule has 122 valence electrons. The van der Waals surface area contributed by atoms with Crippen LogP contribution in [-0.4, -0.2) is 29.9 Å². The van der Waals surface area contributed by atoms with Crippen LogP contribution in [0, 0.1) is 0 Å². The second-order valence-electron chi connectivity index (χ2n) is 4.84. The van der Waals surface area contributed by atoms with Crippen LogP contribution in [0.1, 0.15) is 0 Å². The van der Waals surface area contributed by atoms with Gasteiger partial charge < -0.3 is 14.8 Å². The molecule has 0 bridgehead atoms. The smallest absolute Gasteiger partial charge is 0.263 e. The van der Waals surface area contributed by atoms with Gasteiger partial charge in [0.2, 0.25) is 5.82 Å². The summed E-state index contributed by atoms with van der Waals surface area (Å²) in [4.78, 5) is 12.0. The summed E-state index contributed by atoms with van der Waals surface area (Å²) in [5.41, 5.74) is 1.26. The molecule has 0 aliphatic rings. The maximum atomic E-state index is 12.0. The molecule has 7 nitrogen and oxygen atoms in total. The fourth-order valence-electron chi connectivity index (χ4n) is 2.04. The number of benzene rings is 2. The molecule has 0 saturated heterocycles. The Morgan fingerprint density at radius 3 is 2.46 bits per heavy atom. The summed E-state index contributed by atoms with van der Waals surface area (Å²) in [6.07, 6.45) is 0. The van der Waals surface area contributed by atoms with Crippen molar-refractivity contribution in [3.63, 3.8) is 0 Å². The van der Waals surface area contributed by atoms with Crippen LogP contribution in [0.2, 0.25) is 0 Å². The molecule has 0 radical (unpaired) electrons. The van der Waals surface area contributed by atoms with Crippen LogP contribution in [0.5, 0.6) is 11.5 Å². The number of ether oxygens (including phenoxy) is 2. The molecule has 0 fully saturated rings. The monoisotopic (exact) mass is 325 g/mol. The highest BCUT2D eigenvalue weighted by atomic mass is 16.6. The highest BCUT2D eigenvalue weighted by Crippen LogP contribution is 2.23. The second kappa shape index (κ2) is 7.28. The van der Waals surface area contributed by atoms with Gasteiger partial charge in [0.25, 0.3) is 5.91 Å². The van der Waals surface area contributed by atoms with E-state index in [4.69, 9.17) is 14.1 Å². The summed E-state index contributed by atoms with van der Waals surface area (Å²) in [7, 11) is 1.58. The average Bonchev–Trinajstić information content (AvgIpc) is 3.09. The van der Waals surface area contributed by atoms with Crippen LogP contribution < -0.4 is 14.8 Å². The zero-order chi connectivity index (χ0) is 16.8. The van der Waals surface area contributed by atoms with E-state index >= 15 is 0 Å². The van der Waals surface area contributed by atoms with Crippen LogP contribution in [-0.2, 0) is 4.79 Å². The predicted molar refractivity (Wildman–Crippen MR) is 86.9 cm³/mol. The summed E-state index contributed by atoms with van der Waals surface area (Å²) in [6.45, 7) is -0.159. The van der Waals surface area contributed by atoms with Gasteiger partial charge in [0.05, 0.1) is 7.11 Å². The molecule has 1 aromatic heterocycles. The standard InChI is InChI=1S/C17H15N3O4/c1-22-13-7-9-14(10-8-13)23-11-15(21)18-17-16(19-24-20-17)12-5-3-2-4-6-12/h2-10H,11H2,1H3,(H,18,20,21). The zero-order valence-electron chi connectivity index (χ0n) is 12.9. The van der Waals surface area contributed by atoms with E-state index in [-0.39, 0.29) is 18.3 Å². The number of hydrogen-bond acceptors (Lipinski definition) is 6. The first-order valence-corrected chi connectivity index (χ1v) is 7.21. The largest absolute Gasteiger partial charge is 0.497 e. The van der Waals surface area contributed by atoms with Crippen molar-refractivity contribution in [2.75, 3.05) is 19.0 Å². The lowest BCUT2D eigenvalue weighted by Crippen LogP contribution is -2.20. The SMILES string of the molecule is COc1ccc(OCC(=O)Nc2nonc2-c2ccccc2)cc1. The number of nitrogens with zero attached hydrogens (tertiary/aromatic N) is 2. The highest BCUT2D eigenvalue weighted by molar-refractivity contribution is 5.94. The van der Waals surface area contributed by atoms with E-state index in [2.05, 4.69) is 15.6 Å². The first kappa shape index (κ1) is 15.5.